The third-order valence-electron chi connectivity index (χ3n) is 2.89. The van der Waals surface area contributed by atoms with Gasteiger partial charge in [-0.2, -0.15) is 0 Å². The zero-order chi connectivity index (χ0) is 13.8. The Balaban J connectivity index is 2.07. The first-order valence-electron chi connectivity index (χ1n) is 5.93. The van der Waals surface area contributed by atoms with Crippen molar-refractivity contribution in [1.82, 2.24) is 5.32 Å². The van der Waals surface area contributed by atoms with Crippen molar-refractivity contribution < 1.29 is 23.7 Å². The lowest BCUT2D eigenvalue weighted by atomic mass is 10.1. The summed E-state index contributed by atoms with van der Waals surface area (Å²) in [5, 5.41) is 3.07. The molecule has 1 aromatic carbocycles. The van der Waals surface area contributed by atoms with E-state index in [9.17, 15) is 4.79 Å². The van der Waals surface area contributed by atoms with E-state index >= 15 is 0 Å². The SMILES string of the molecule is COC(=O)[C@H](C)NCc1cc(OC)c2c(c1)OCO2. The van der Waals surface area contributed by atoms with E-state index in [2.05, 4.69) is 10.1 Å². The fraction of sp³-hybridized carbons (Fsp3) is 0.462. The van der Waals surface area contributed by atoms with Crippen LogP contribution in [-0.4, -0.2) is 33.0 Å². The predicted octanol–water partition coefficient (Wildman–Crippen LogP) is 1.07. The molecule has 0 aromatic heterocycles. The second-order valence-corrected chi connectivity index (χ2v) is 4.16. The highest BCUT2D eigenvalue weighted by atomic mass is 16.7. The highest BCUT2D eigenvalue weighted by molar-refractivity contribution is 5.75. The largest absolute Gasteiger partial charge is 0.493 e. The predicted molar refractivity (Wildman–Crippen MR) is 67.4 cm³/mol. The molecule has 6 heteroatoms. The molecule has 0 amide bonds. The van der Waals surface area contributed by atoms with Crippen molar-refractivity contribution in [2.45, 2.75) is 19.5 Å². The Morgan fingerprint density at radius 2 is 2.21 bits per heavy atom. The molecule has 1 atom stereocenters. The molecule has 1 aliphatic heterocycles. The molecular formula is C13H17NO5. The number of benzene rings is 1. The standard InChI is InChI=1S/C13H17NO5/c1-8(13(15)17-3)14-6-9-4-10(16-2)12-11(5-9)18-7-19-12/h4-5,8,14H,6-7H2,1-3H3/t8-/m0/s1. The second-order valence-electron chi connectivity index (χ2n) is 4.16. The van der Waals surface area contributed by atoms with Gasteiger partial charge in [-0.25, -0.2) is 0 Å². The van der Waals surface area contributed by atoms with Crippen LogP contribution < -0.4 is 19.5 Å². The highest BCUT2D eigenvalue weighted by Gasteiger charge is 2.20. The number of rotatable bonds is 5. The minimum Gasteiger partial charge on any atom is -0.493 e. The van der Waals surface area contributed by atoms with E-state index in [1.54, 1.807) is 14.0 Å². The summed E-state index contributed by atoms with van der Waals surface area (Å²) in [5.41, 5.74) is 0.942. The summed E-state index contributed by atoms with van der Waals surface area (Å²) in [5.74, 6) is 1.60. The van der Waals surface area contributed by atoms with Gasteiger partial charge in [-0.3, -0.25) is 4.79 Å². The Hall–Kier alpha value is -1.95. The normalized spacial score (nSPS) is 14.1. The van der Waals surface area contributed by atoms with Crippen molar-refractivity contribution in [2.75, 3.05) is 21.0 Å². The van der Waals surface area contributed by atoms with Crippen LogP contribution in [0.15, 0.2) is 12.1 Å². The van der Waals surface area contributed by atoms with Crippen LogP contribution >= 0.6 is 0 Å². The monoisotopic (exact) mass is 267 g/mol. The summed E-state index contributed by atoms with van der Waals surface area (Å²) in [7, 11) is 2.94. The fourth-order valence-electron chi connectivity index (χ4n) is 1.82. The first kappa shape index (κ1) is 13.5. The Morgan fingerprint density at radius 3 is 2.89 bits per heavy atom. The maximum Gasteiger partial charge on any atom is 0.322 e. The molecule has 0 spiro atoms. The van der Waals surface area contributed by atoms with Gasteiger partial charge >= 0.3 is 5.97 Å². The van der Waals surface area contributed by atoms with Crippen molar-refractivity contribution in [3.05, 3.63) is 17.7 Å². The molecule has 2 rings (SSSR count). The average Bonchev–Trinajstić information content (AvgIpc) is 2.91. The number of hydrogen-bond acceptors (Lipinski definition) is 6. The summed E-state index contributed by atoms with van der Waals surface area (Å²) < 4.78 is 20.5. The van der Waals surface area contributed by atoms with Gasteiger partial charge < -0.3 is 24.3 Å². The number of hydrogen-bond donors (Lipinski definition) is 1. The molecule has 0 aliphatic carbocycles. The Kier molecular flexibility index (Phi) is 4.11. The van der Waals surface area contributed by atoms with Gasteiger partial charge in [0.2, 0.25) is 12.5 Å². The van der Waals surface area contributed by atoms with E-state index in [1.807, 2.05) is 12.1 Å². The van der Waals surface area contributed by atoms with Gasteiger partial charge in [-0.1, -0.05) is 0 Å². The minimum atomic E-state index is -0.374. The quantitative estimate of drug-likeness (QED) is 0.805. The van der Waals surface area contributed by atoms with Gasteiger partial charge in [0.15, 0.2) is 11.5 Å². The number of fused-ring (bicyclic) bond motifs is 1. The molecule has 19 heavy (non-hydrogen) atoms. The maximum absolute atomic E-state index is 11.3. The fourth-order valence-corrected chi connectivity index (χ4v) is 1.82. The van der Waals surface area contributed by atoms with Gasteiger partial charge in [0, 0.05) is 6.54 Å². The molecule has 0 saturated carbocycles. The van der Waals surface area contributed by atoms with Crippen LogP contribution in [0.25, 0.3) is 0 Å². The number of carbonyl (C=O) groups excluding carboxylic acids is 1. The van der Waals surface area contributed by atoms with Crippen molar-refractivity contribution in [1.29, 1.82) is 0 Å². The van der Waals surface area contributed by atoms with E-state index in [0.717, 1.165) is 5.56 Å². The number of methoxy groups -OCH3 is 2. The lowest BCUT2D eigenvalue weighted by Gasteiger charge is -2.12. The molecule has 1 N–H and O–H groups in total. The molecule has 0 radical (unpaired) electrons. The van der Waals surface area contributed by atoms with Gasteiger partial charge in [-0.15, -0.1) is 0 Å². The summed E-state index contributed by atoms with van der Waals surface area (Å²) in [6.07, 6.45) is 0. The van der Waals surface area contributed by atoms with E-state index in [0.29, 0.717) is 23.8 Å². The molecule has 0 fully saturated rings. The summed E-state index contributed by atoms with van der Waals surface area (Å²) in [6, 6.07) is 3.34. The lowest BCUT2D eigenvalue weighted by Crippen LogP contribution is -2.34. The highest BCUT2D eigenvalue weighted by Crippen LogP contribution is 2.41. The van der Waals surface area contributed by atoms with Crippen molar-refractivity contribution >= 4 is 5.97 Å². The molecule has 0 saturated heterocycles. The summed E-state index contributed by atoms with van der Waals surface area (Å²) in [4.78, 5) is 11.3. The number of carbonyl (C=O) groups is 1. The van der Waals surface area contributed by atoms with Crippen LogP contribution in [0.5, 0.6) is 17.2 Å². The second kappa shape index (κ2) is 5.79. The smallest absolute Gasteiger partial charge is 0.322 e. The number of ether oxygens (including phenoxy) is 4. The Bertz CT molecular complexity index is 474. The van der Waals surface area contributed by atoms with Gasteiger partial charge in [0.05, 0.1) is 14.2 Å². The summed E-state index contributed by atoms with van der Waals surface area (Å²) in [6.45, 7) is 2.44. The van der Waals surface area contributed by atoms with E-state index in [1.165, 1.54) is 7.11 Å². The van der Waals surface area contributed by atoms with Crippen LogP contribution in [0, 0.1) is 0 Å². The van der Waals surface area contributed by atoms with Gasteiger partial charge in [-0.05, 0) is 24.6 Å². The molecule has 0 unspecified atom stereocenters. The topological polar surface area (TPSA) is 66.0 Å². The van der Waals surface area contributed by atoms with Gasteiger partial charge in [0.1, 0.15) is 6.04 Å². The zero-order valence-corrected chi connectivity index (χ0v) is 11.2. The molecule has 104 valence electrons. The Labute approximate surface area is 111 Å². The molecule has 0 bridgehead atoms. The number of esters is 1. The maximum atomic E-state index is 11.3. The Morgan fingerprint density at radius 1 is 1.42 bits per heavy atom. The minimum absolute atomic E-state index is 0.196. The number of nitrogens with one attached hydrogen (secondary N) is 1. The van der Waals surface area contributed by atoms with Crippen LogP contribution in [0.3, 0.4) is 0 Å². The van der Waals surface area contributed by atoms with Crippen LogP contribution in [0.1, 0.15) is 12.5 Å². The lowest BCUT2D eigenvalue weighted by molar-refractivity contribution is -0.142. The molecule has 1 aromatic rings. The molecule has 6 nitrogen and oxygen atoms in total. The first-order chi connectivity index (χ1) is 9.15. The van der Waals surface area contributed by atoms with E-state index < -0.39 is 0 Å². The van der Waals surface area contributed by atoms with Crippen LogP contribution in [0.4, 0.5) is 0 Å². The first-order valence-corrected chi connectivity index (χ1v) is 5.93. The van der Waals surface area contributed by atoms with Crippen LogP contribution in [-0.2, 0) is 16.1 Å². The van der Waals surface area contributed by atoms with Gasteiger partial charge in [0.25, 0.3) is 0 Å². The zero-order valence-electron chi connectivity index (χ0n) is 11.2. The van der Waals surface area contributed by atoms with E-state index in [4.69, 9.17) is 14.2 Å². The molecule has 1 heterocycles. The average molecular weight is 267 g/mol. The summed E-state index contributed by atoms with van der Waals surface area (Å²) >= 11 is 0. The molecule has 1 aliphatic rings. The third-order valence-corrected chi connectivity index (χ3v) is 2.89. The van der Waals surface area contributed by atoms with E-state index in [-0.39, 0.29) is 18.8 Å². The van der Waals surface area contributed by atoms with Crippen LogP contribution in [0.2, 0.25) is 0 Å². The van der Waals surface area contributed by atoms with Crippen molar-refractivity contribution in [3.8, 4) is 17.2 Å². The van der Waals surface area contributed by atoms with Crippen molar-refractivity contribution in [2.24, 2.45) is 0 Å². The third kappa shape index (κ3) is 2.90. The molecular weight excluding hydrogens is 250 g/mol. The van der Waals surface area contributed by atoms with Crippen molar-refractivity contribution in [3.63, 3.8) is 0 Å².